The number of piperidine rings is 2. The van der Waals surface area contributed by atoms with Crippen molar-refractivity contribution >= 4 is 33.6 Å². The minimum Gasteiger partial charge on any atom is -0.477 e. The minimum atomic E-state index is -0.281. The lowest BCUT2D eigenvalue weighted by atomic mass is 9.91. The van der Waals surface area contributed by atoms with Gasteiger partial charge in [0.1, 0.15) is 11.6 Å². The Balaban J connectivity index is 0.646. The number of hydrogen-bond donors (Lipinski definition) is 0. The second kappa shape index (κ2) is 16.7. The molecule has 59 heavy (non-hydrogen) atoms. The zero-order valence-electron chi connectivity index (χ0n) is 32.9. The van der Waals surface area contributed by atoms with Crippen molar-refractivity contribution in [2.24, 2.45) is 11.8 Å². The molecular weight excluding hydrogens is 759 g/mol. The fourth-order valence-corrected chi connectivity index (χ4v) is 9.33. The number of fused-ring (bicyclic) bond motifs is 4. The van der Waals surface area contributed by atoms with Crippen molar-refractivity contribution in [3.8, 4) is 11.8 Å². The van der Waals surface area contributed by atoms with Crippen molar-refractivity contribution in [2.45, 2.75) is 51.0 Å². The van der Waals surface area contributed by atoms with E-state index in [1.807, 2.05) is 36.4 Å². The smallest absolute Gasteiger partial charge is 0.213 e. The molecule has 4 fully saturated rings. The maximum Gasteiger partial charge on any atom is 0.213 e. The van der Waals surface area contributed by atoms with E-state index >= 15 is 0 Å². The minimum absolute atomic E-state index is 0.281. The first-order valence-corrected chi connectivity index (χ1v) is 20.8. The molecule has 15 heteroatoms. The van der Waals surface area contributed by atoms with Gasteiger partial charge < -0.3 is 33.1 Å². The number of anilines is 2. The molecule has 308 valence electrons. The average Bonchev–Trinajstić information content (AvgIpc) is 3.89. The van der Waals surface area contributed by atoms with Crippen molar-refractivity contribution in [1.29, 1.82) is 0 Å². The molecule has 0 aliphatic carbocycles. The summed E-state index contributed by atoms with van der Waals surface area (Å²) in [5, 5.41) is 10.0. The van der Waals surface area contributed by atoms with E-state index in [0.717, 1.165) is 112 Å². The predicted molar refractivity (Wildman–Crippen MR) is 216 cm³/mol. The first kappa shape index (κ1) is 37.9. The maximum absolute atomic E-state index is 13.9. The van der Waals surface area contributed by atoms with Crippen LogP contribution in [0, 0.1) is 23.5 Å². The summed E-state index contributed by atoms with van der Waals surface area (Å²) in [7, 11) is 0. The van der Waals surface area contributed by atoms with Gasteiger partial charge in [0.05, 0.1) is 48.6 Å². The Hall–Kier alpha value is -5.38. The van der Waals surface area contributed by atoms with Crippen LogP contribution in [-0.4, -0.2) is 108 Å². The Morgan fingerprint density at radius 2 is 1.07 bits per heavy atom. The highest BCUT2D eigenvalue weighted by Gasteiger charge is 2.36. The normalized spacial score (nSPS) is 22.7. The molecule has 6 aromatic rings. The summed E-state index contributed by atoms with van der Waals surface area (Å²) in [6.45, 7) is 8.99. The lowest BCUT2D eigenvalue weighted by Gasteiger charge is -2.46. The van der Waals surface area contributed by atoms with E-state index in [-0.39, 0.29) is 11.6 Å². The van der Waals surface area contributed by atoms with Gasteiger partial charge in [0.15, 0.2) is 22.8 Å². The molecule has 4 aliphatic rings. The van der Waals surface area contributed by atoms with Crippen LogP contribution in [0.25, 0.3) is 21.9 Å². The molecule has 4 saturated heterocycles. The second-order valence-electron chi connectivity index (χ2n) is 16.4. The summed E-state index contributed by atoms with van der Waals surface area (Å²) < 4.78 is 57.3. The van der Waals surface area contributed by atoms with Crippen LogP contribution in [0.2, 0.25) is 0 Å². The zero-order valence-corrected chi connectivity index (χ0v) is 32.9. The molecular formula is C44H48F2N8O5. The topological polar surface area (TPSA) is 118 Å². The summed E-state index contributed by atoms with van der Waals surface area (Å²) in [5.74, 6) is 2.93. The lowest BCUT2D eigenvalue weighted by Crippen LogP contribution is -2.57. The highest BCUT2D eigenvalue weighted by Crippen LogP contribution is 2.34. The van der Waals surface area contributed by atoms with Crippen LogP contribution in [0.1, 0.15) is 37.1 Å². The van der Waals surface area contributed by atoms with Crippen LogP contribution in [0.4, 0.5) is 20.4 Å². The molecule has 4 aliphatic heterocycles. The number of piperazine rings is 2. The van der Waals surface area contributed by atoms with Crippen LogP contribution < -0.4 is 19.3 Å². The predicted octanol–water partition coefficient (Wildman–Crippen LogP) is 6.71. The zero-order chi connectivity index (χ0) is 39.7. The van der Waals surface area contributed by atoms with E-state index < -0.39 is 0 Å². The van der Waals surface area contributed by atoms with Crippen molar-refractivity contribution in [2.75, 3.05) is 75.4 Å². The molecule has 8 heterocycles. The van der Waals surface area contributed by atoms with Gasteiger partial charge in [0.25, 0.3) is 0 Å². The number of hydrogen-bond acceptors (Lipinski definition) is 13. The van der Waals surface area contributed by atoms with E-state index in [1.165, 1.54) is 24.3 Å². The van der Waals surface area contributed by atoms with Crippen LogP contribution in [-0.2, 0) is 18.0 Å². The Morgan fingerprint density at radius 1 is 0.576 bits per heavy atom. The Bertz CT molecular complexity index is 2230. The van der Waals surface area contributed by atoms with Gasteiger partial charge in [-0.3, -0.25) is 9.80 Å². The van der Waals surface area contributed by atoms with Crippen molar-refractivity contribution in [3.63, 3.8) is 0 Å². The standard InChI is InChI=1S/C44H48F2N8O5/c45-31-9-13-39-37(19-31)43(49-58-39)53-17-15-51-21-29(7-11-35(51)23-53)25-56-41-5-1-3-33(47-41)27-55-28-34-4-2-6-42(48-34)57-26-30-8-12-36-24-54(18-16-52(36)22-30)44-38-20-32(46)10-14-40(38)59-50-44/h1-6,9-10,13-14,19-20,29-30,35-36H,7-8,11-12,15-18,21-28H2. The molecule has 0 radical (unpaired) electrons. The number of halogens is 2. The number of aromatic nitrogens is 4. The van der Waals surface area contributed by atoms with Gasteiger partial charge in [-0.15, -0.1) is 0 Å². The van der Waals surface area contributed by atoms with Crippen molar-refractivity contribution in [3.05, 3.63) is 95.8 Å². The Morgan fingerprint density at radius 3 is 1.56 bits per heavy atom. The number of rotatable bonds is 12. The monoisotopic (exact) mass is 806 g/mol. The fourth-order valence-electron chi connectivity index (χ4n) is 9.33. The highest BCUT2D eigenvalue weighted by atomic mass is 19.1. The van der Waals surface area contributed by atoms with Gasteiger partial charge in [-0.1, -0.05) is 22.4 Å². The summed E-state index contributed by atoms with van der Waals surface area (Å²) in [6, 6.07) is 21.5. The largest absolute Gasteiger partial charge is 0.477 e. The molecule has 2 aromatic carbocycles. The molecule has 4 unspecified atom stereocenters. The third kappa shape index (κ3) is 8.41. The summed E-state index contributed by atoms with van der Waals surface area (Å²) in [6.07, 6.45) is 4.25. The van der Waals surface area contributed by atoms with Gasteiger partial charge >= 0.3 is 0 Å². The first-order valence-electron chi connectivity index (χ1n) is 20.8. The number of ether oxygens (including phenoxy) is 3. The third-order valence-corrected chi connectivity index (χ3v) is 12.4. The Kier molecular flexibility index (Phi) is 10.7. The fraction of sp³-hybridized carbons (Fsp3) is 0.455. The van der Waals surface area contributed by atoms with Gasteiger partial charge in [0.2, 0.25) is 11.8 Å². The van der Waals surface area contributed by atoms with Crippen LogP contribution in [0.15, 0.2) is 81.8 Å². The van der Waals surface area contributed by atoms with E-state index in [0.29, 0.717) is 73.3 Å². The Labute approximate surface area is 340 Å². The van der Waals surface area contributed by atoms with Crippen LogP contribution in [0.5, 0.6) is 11.8 Å². The van der Waals surface area contributed by atoms with E-state index in [2.05, 4.69) is 29.9 Å². The first-order chi connectivity index (χ1) is 29.0. The summed E-state index contributed by atoms with van der Waals surface area (Å²) in [4.78, 5) is 19.0. The van der Waals surface area contributed by atoms with Crippen LogP contribution >= 0.6 is 0 Å². The molecule has 0 N–H and O–H groups in total. The quantitative estimate of drug-likeness (QED) is 0.131. The molecule has 0 bridgehead atoms. The van der Waals surface area contributed by atoms with E-state index in [1.54, 1.807) is 12.1 Å². The number of nitrogens with zero attached hydrogens (tertiary/aromatic N) is 8. The van der Waals surface area contributed by atoms with Gasteiger partial charge in [0, 0.05) is 88.4 Å². The molecule has 0 saturated carbocycles. The van der Waals surface area contributed by atoms with E-state index in [9.17, 15) is 8.78 Å². The lowest BCUT2D eigenvalue weighted by molar-refractivity contribution is 0.0706. The molecule has 4 atom stereocenters. The SMILES string of the molecule is Fc1ccc2onc(N3CCN4CC(COc5cccc(COCc6cccc(OCC7CCC8CN(c9noc%10ccc(F)cc9%10)CCN8C7)n6)n5)CCC4C3)c2c1. The third-order valence-electron chi connectivity index (χ3n) is 12.4. The number of pyridine rings is 2. The molecule has 0 amide bonds. The van der Waals surface area contributed by atoms with E-state index in [4.69, 9.17) is 33.2 Å². The number of benzene rings is 2. The average molecular weight is 807 g/mol. The van der Waals surface area contributed by atoms with Gasteiger partial charge in [-0.05, 0) is 74.2 Å². The maximum atomic E-state index is 13.9. The molecule has 4 aromatic heterocycles. The van der Waals surface area contributed by atoms with Gasteiger partial charge in [-0.25, -0.2) is 18.7 Å². The van der Waals surface area contributed by atoms with Crippen LogP contribution in [0.3, 0.4) is 0 Å². The highest BCUT2D eigenvalue weighted by molar-refractivity contribution is 5.89. The molecule has 0 spiro atoms. The van der Waals surface area contributed by atoms with Crippen molar-refractivity contribution < 1.29 is 32.0 Å². The van der Waals surface area contributed by atoms with Gasteiger partial charge in [-0.2, -0.15) is 0 Å². The molecule has 13 nitrogen and oxygen atoms in total. The molecule has 10 rings (SSSR count). The van der Waals surface area contributed by atoms with Crippen molar-refractivity contribution in [1.82, 2.24) is 30.1 Å². The summed E-state index contributed by atoms with van der Waals surface area (Å²) >= 11 is 0. The second-order valence-corrected chi connectivity index (χ2v) is 16.4. The summed E-state index contributed by atoms with van der Waals surface area (Å²) in [5.41, 5.74) is 2.82.